The van der Waals surface area contributed by atoms with Crippen LogP contribution in [-0.4, -0.2) is 88.2 Å². The summed E-state index contributed by atoms with van der Waals surface area (Å²) in [6.45, 7) is 3.29. The van der Waals surface area contributed by atoms with Crippen LogP contribution >= 0.6 is 11.8 Å². The van der Waals surface area contributed by atoms with E-state index in [1.165, 1.54) is 32.6 Å². The van der Waals surface area contributed by atoms with Gasteiger partial charge in [-0.1, -0.05) is 30.3 Å². The number of carbonyl (C=O) groups is 2. The standard InChI is InChI=1S/C25H32N4O5S2/c1-27(17-20-6-3-2-4-7-20)11-5-10-26-24(30)18-29-22-16-21(8-9-23(22)35-19-25(29)31)36(32,33)28-12-14-34-15-13-28/h2-4,6-9,16H,5,10-15,17-19H2,1H3,(H,26,30). The number of rotatable bonds is 10. The van der Waals surface area contributed by atoms with Crippen LogP contribution in [0.5, 0.6) is 0 Å². The van der Waals surface area contributed by atoms with Crippen LogP contribution in [0.4, 0.5) is 5.69 Å². The van der Waals surface area contributed by atoms with Crippen LogP contribution in [0.25, 0.3) is 0 Å². The van der Waals surface area contributed by atoms with Crippen molar-refractivity contribution in [1.82, 2.24) is 14.5 Å². The SMILES string of the molecule is CN(CCCNC(=O)CN1C(=O)CSc2ccc(S(=O)(=O)N3CCOCC3)cc21)Cc1ccccc1. The number of anilines is 1. The number of hydrogen-bond donors (Lipinski definition) is 1. The summed E-state index contributed by atoms with van der Waals surface area (Å²) < 4.78 is 32.9. The van der Waals surface area contributed by atoms with Gasteiger partial charge in [0, 0.05) is 31.1 Å². The van der Waals surface area contributed by atoms with Gasteiger partial charge in [-0.25, -0.2) is 8.42 Å². The first-order valence-electron chi connectivity index (χ1n) is 12.0. The highest BCUT2D eigenvalue weighted by Crippen LogP contribution is 2.37. The van der Waals surface area contributed by atoms with Crippen molar-refractivity contribution in [3.05, 3.63) is 54.1 Å². The van der Waals surface area contributed by atoms with Gasteiger partial charge in [-0.2, -0.15) is 4.31 Å². The lowest BCUT2D eigenvalue weighted by Crippen LogP contribution is -2.44. The zero-order valence-corrected chi connectivity index (χ0v) is 22.0. The van der Waals surface area contributed by atoms with Crippen molar-refractivity contribution in [2.75, 3.05) is 63.6 Å². The fourth-order valence-corrected chi connectivity index (χ4v) is 6.55. The maximum atomic E-state index is 13.1. The van der Waals surface area contributed by atoms with E-state index in [1.54, 1.807) is 12.1 Å². The van der Waals surface area contributed by atoms with E-state index in [0.717, 1.165) is 24.4 Å². The molecule has 2 amide bonds. The predicted molar refractivity (Wildman–Crippen MR) is 139 cm³/mol. The fourth-order valence-electron chi connectivity index (χ4n) is 4.20. The lowest BCUT2D eigenvalue weighted by atomic mass is 10.2. The number of carbonyl (C=O) groups excluding carboxylic acids is 2. The van der Waals surface area contributed by atoms with Crippen LogP contribution < -0.4 is 10.2 Å². The molecule has 2 aliphatic heterocycles. The molecule has 2 heterocycles. The summed E-state index contributed by atoms with van der Waals surface area (Å²) in [6.07, 6.45) is 0.775. The Morgan fingerprint density at radius 1 is 1.14 bits per heavy atom. The van der Waals surface area contributed by atoms with Gasteiger partial charge >= 0.3 is 0 Å². The second-order valence-electron chi connectivity index (χ2n) is 8.84. The minimum absolute atomic E-state index is 0.116. The van der Waals surface area contributed by atoms with Crippen LogP contribution in [0.1, 0.15) is 12.0 Å². The number of ether oxygens (including phenoxy) is 1. The summed E-state index contributed by atoms with van der Waals surface area (Å²) in [6, 6.07) is 15.0. The van der Waals surface area contributed by atoms with Crippen molar-refractivity contribution in [3.63, 3.8) is 0 Å². The monoisotopic (exact) mass is 532 g/mol. The van der Waals surface area contributed by atoms with Gasteiger partial charge in [0.05, 0.1) is 29.5 Å². The molecule has 36 heavy (non-hydrogen) atoms. The third-order valence-corrected chi connectivity index (χ3v) is 9.06. The normalized spacial score (nSPS) is 16.7. The Balaban J connectivity index is 1.34. The average Bonchev–Trinajstić information content (AvgIpc) is 2.89. The lowest BCUT2D eigenvalue weighted by molar-refractivity contribution is -0.123. The molecule has 2 aromatic carbocycles. The molecule has 0 aliphatic carbocycles. The summed E-state index contributed by atoms with van der Waals surface area (Å²) in [7, 11) is -1.67. The third kappa shape index (κ3) is 6.65. The largest absolute Gasteiger partial charge is 0.379 e. The molecule has 0 aromatic heterocycles. The highest BCUT2D eigenvalue weighted by molar-refractivity contribution is 8.00. The van der Waals surface area contributed by atoms with Crippen LogP contribution in [0.3, 0.4) is 0 Å². The molecule has 1 saturated heterocycles. The number of hydrogen-bond acceptors (Lipinski definition) is 7. The average molecular weight is 533 g/mol. The maximum Gasteiger partial charge on any atom is 0.243 e. The zero-order chi connectivity index (χ0) is 25.5. The molecular formula is C25H32N4O5S2. The molecule has 2 aromatic rings. The second-order valence-corrected chi connectivity index (χ2v) is 11.8. The molecule has 9 nitrogen and oxygen atoms in total. The minimum atomic E-state index is -3.71. The fraction of sp³-hybridized carbons (Fsp3) is 0.440. The first-order chi connectivity index (χ1) is 17.3. The molecule has 2 aliphatic rings. The van der Waals surface area contributed by atoms with Gasteiger partial charge in [0.15, 0.2) is 0 Å². The van der Waals surface area contributed by atoms with Crippen molar-refractivity contribution < 1.29 is 22.7 Å². The zero-order valence-electron chi connectivity index (χ0n) is 20.4. The number of nitrogens with one attached hydrogen (secondary N) is 1. The van der Waals surface area contributed by atoms with E-state index < -0.39 is 10.0 Å². The molecule has 0 radical (unpaired) electrons. The van der Waals surface area contributed by atoms with Crippen molar-refractivity contribution in [2.24, 2.45) is 0 Å². The third-order valence-electron chi connectivity index (χ3n) is 6.12. The van der Waals surface area contributed by atoms with Crippen LogP contribution in [-0.2, 0) is 30.9 Å². The summed E-state index contributed by atoms with van der Waals surface area (Å²) >= 11 is 1.35. The molecule has 1 fully saturated rings. The molecule has 0 atom stereocenters. The summed E-state index contributed by atoms with van der Waals surface area (Å²) in [4.78, 5) is 29.8. The van der Waals surface area contributed by atoms with Crippen LogP contribution in [0, 0.1) is 0 Å². The van der Waals surface area contributed by atoms with Gasteiger partial charge in [0.2, 0.25) is 21.8 Å². The highest BCUT2D eigenvalue weighted by Gasteiger charge is 2.31. The smallest absolute Gasteiger partial charge is 0.243 e. The Kier molecular flexibility index (Phi) is 9.02. The van der Waals surface area contributed by atoms with Crippen molar-refractivity contribution in [1.29, 1.82) is 0 Å². The number of benzene rings is 2. The van der Waals surface area contributed by atoms with E-state index in [2.05, 4.69) is 22.3 Å². The van der Waals surface area contributed by atoms with E-state index in [1.807, 2.05) is 25.2 Å². The Labute approximate surface area is 216 Å². The number of fused-ring (bicyclic) bond motifs is 1. The van der Waals surface area contributed by atoms with E-state index in [9.17, 15) is 18.0 Å². The van der Waals surface area contributed by atoms with Gasteiger partial charge in [-0.15, -0.1) is 11.8 Å². The number of nitrogens with zero attached hydrogens (tertiary/aromatic N) is 3. The molecule has 4 rings (SSSR count). The predicted octanol–water partition coefficient (Wildman–Crippen LogP) is 1.78. The number of amides is 2. The quantitative estimate of drug-likeness (QED) is 0.466. The van der Waals surface area contributed by atoms with E-state index in [4.69, 9.17) is 4.74 Å². The minimum Gasteiger partial charge on any atom is -0.379 e. The van der Waals surface area contributed by atoms with E-state index in [-0.39, 0.29) is 29.0 Å². The van der Waals surface area contributed by atoms with Gasteiger partial charge < -0.3 is 19.9 Å². The molecule has 0 spiro atoms. The van der Waals surface area contributed by atoms with Gasteiger partial charge in [0.1, 0.15) is 6.54 Å². The first-order valence-corrected chi connectivity index (χ1v) is 14.4. The van der Waals surface area contributed by atoms with Crippen LogP contribution in [0.15, 0.2) is 58.3 Å². The molecule has 0 saturated carbocycles. The number of morpholine rings is 1. The summed E-state index contributed by atoms with van der Waals surface area (Å²) in [5, 5.41) is 2.89. The molecular weight excluding hydrogens is 500 g/mol. The van der Waals surface area contributed by atoms with Crippen LogP contribution in [0.2, 0.25) is 0 Å². The molecule has 0 unspecified atom stereocenters. The number of thioether (sulfide) groups is 1. The highest BCUT2D eigenvalue weighted by atomic mass is 32.2. The molecule has 11 heteroatoms. The molecule has 0 bridgehead atoms. The summed E-state index contributed by atoms with van der Waals surface area (Å²) in [5.41, 5.74) is 1.70. The maximum absolute atomic E-state index is 13.1. The van der Waals surface area contributed by atoms with E-state index in [0.29, 0.717) is 38.5 Å². The van der Waals surface area contributed by atoms with Gasteiger partial charge in [-0.3, -0.25) is 9.59 Å². The Morgan fingerprint density at radius 2 is 1.89 bits per heavy atom. The topological polar surface area (TPSA) is 99.3 Å². The first kappa shape index (κ1) is 26.6. The van der Waals surface area contributed by atoms with Gasteiger partial charge in [0.25, 0.3) is 0 Å². The Hall–Kier alpha value is -2.44. The number of sulfonamides is 1. The van der Waals surface area contributed by atoms with Crippen molar-refractivity contribution in [3.8, 4) is 0 Å². The molecule has 1 N–H and O–H groups in total. The molecule has 194 valence electrons. The van der Waals surface area contributed by atoms with Gasteiger partial charge in [-0.05, 0) is 43.8 Å². The second kappa shape index (κ2) is 12.2. The van der Waals surface area contributed by atoms with Crippen molar-refractivity contribution >= 4 is 39.3 Å². The summed E-state index contributed by atoms with van der Waals surface area (Å²) in [5.74, 6) is -0.278. The van der Waals surface area contributed by atoms with Crippen molar-refractivity contribution in [2.45, 2.75) is 22.8 Å². The van der Waals surface area contributed by atoms with E-state index >= 15 is 0 Å². The lowest BCUT2D eigenvalue weighted by Gasteiger charge is -2.30. The Bertz CT molecular complexity index is 1170. The Morgan fingerprint density at radius 3 is 2.64 bits per heavy atom.